The molecule has 0 spiro atoms. The zero-order valence-electron chi connectivity index (χ0n) is 18.1. The maximum Gasteiger partial charge on any atom is 0.454 e. The molecular weight excluding hydrogens is 482 g/mol. The molecule has 4 nitrogen and oxygen atoms in total. The van der Waals surface area contributed by atoms with Crippen LogP contribution in [0.2, 0.25) is 0 Å². The van der Waals surface area contributed by atoms with Crippen LogP contribution in [0.25, 0.3) is 10.9 Å². The zero-order chi connectivity index (χ0) is 24.9. The van der Waals surface area contributed by atoms with E-state index in [0.717, 1.165) is 17.8 Å². The number of Topliss-reactive ketones (excluding diaryl/α,β-unsaturated/α-hetero) is 1. The number of allylic oxidation sites excluding steroid dienone is 2. The molecule has 0 saturated heterocycles. The number of carboxylic acid groups (broad SMARTS) is 1. The number of halogens is 5. The number of aliphatic carboxylic acids is 1. The summed E-state index contributed by atoms with van der Waals surface area (Å²) in [6.45, 7) is 7.88. The summed E-state index contributed by atoms with van der Waals surface area (Å²) in [4.78, 5) is 23.7. The summed E-state index contributed by atoms with van der Waals surface area (Å²) in [6, 6.07) is 1.66. The highest BCUT2D eigenvalue weighted by atomic mass is 35.5. The minimum Gasteiger partial charge on any atom is -0.481 e. The Bertz CT molecular complexity index is 1080. The Hall–Kier alpha value is -2.26. The van der Waals surface area contributed by atoms with Gasteiger partial charge in [0, 0.05) is 34.0 Å². The predicted molar refractivity (Wildman–Crippen MR) is 123 cm³/mol. The van der Waals surface area contributed by atoms with Crippen LogP contribution in [0.3, 0.4) is 0 Å². The molecule has 1 N–H and O–H groups in total. The molecule has 33 heavy (non-hydrogen) atoms. The number of thioether (sulfide) groups is 1. The predicted octanol–water partition coefficient (Wildman–Crippen LogP) is 7.30. The van der Waals surface area contributed by atoms with Crippen LogP contribution in [0.5, 0.6) is 0 Å². The number of alkyl halides is 4. The minimum absolute atomic E-state index is 0.0189. The SMILES string of the molecule is C=CC(Cl)C/C=C/Sc1c2n(c3cc(F)cc(C(=O)C(F)(F)F)c13)CCC2CC(=O)O.CC. The van der Waals surface area contributed by atoms with Crippen molar-refractivity contribution in [2.75, 3.05) is 0 Å². The molecule has 1 aliphatic rings. The summed E-state index contributed by atoms with van der Waals surface area (Å²) >= 11 is 7.03. The molecule has 0 bridgehead atoms. The number of hydrogen-bond acceptors (Lipinski definition) is 3. The molecule has 2 aromatic rings. The molecule has 0 amide bonds. The molecule has 2 atom stereocenters. The normalized spacial score (nSPS) is 16.4. The summed E-state index contributed by atoms with van der Waals surface area (Å²) in [5.74, 6) is -4.63. The average molecular weight is 506 g/mol. The molecule has 0 aliphatic carbocycles. The number of carbonyl (C=O) groups is 2. The van der Waals surface area contributed by atoms with Crippen molar-refractivity contribution in [3.63, 3.8) is 0 Å². The summed E-state index contributed by atoms with van der Waals surface area (Å²) in [7, 11) is 0. The van der Waals surface area contributed by atoms with Crippen molar-refractivity contribution in [1.29, 1.82) is 0 Å². The van der Waals surface area contributed by atoms with E-state index < -0.39 is 35.2 Å². The number of benzene rings is 1. The van der Waals surface area contributed by atoms with Gasteiger partial charge in [-0.05, 0) is 30.4 Å². The molecule has 2 unspecified atom stereocenters. The number of nitrogens with zero attached hydrogens (tertiary/aromatic N) is 1. The van der Waals surface area contributed by atoms with Gasteiger partial charge in [0.25, 0.3) is 5.78 Å². The largest absolute Gasteiger partial charge is 0.481 e. The first-order chi connectivity index (χ1) is 15.5. The lowest BCUT2D eigenvalue weighted by atomic mass is 9.98. The van der Waals surface area contributed by atoms with Crippen molar-refractivity contribution in [1.82, 2.24) is 4.57 Å². The van der Waals surface area contributed by atoms with Crippen molar-refractivity contribution in [3.05, 3.63) is 53.3 Å². The van der Waals surface area contributed by atoms with E-state index in [1.54, 1.807) is 16.1 Å². The van der Waals surface area contributed by atoms with Gasteiger partial charge in [-0.1, -0.05) is 37.8 Å². The molecule has 180 valence electrons. The van der Waals surface area contributed by atoms with Gasteiger partial charge in [-0.25, -0.2) is 4.39 Å². The van der Waals surface area contributed by atoms with Gasteiger partial charge in [-0.2, -0.15) is 13.2 Å². The van der Waals surface area contributed by atoms with Crippen LogP contribution in [0.15, 0.2) is 41.2 Å². The molecule has 0 saturated carbocycles. The first kappa shape index (κ1) is 27.0. The fourth-order valence-electron chi connectivity index (χ4n) is 3.75. The number of carboxylic acids is 1. The second kappa shape index (κ2) is 11.2. The Morgan fingerprint density at radius 3 is 2.61 bits per heavy atom. The van der Waals surface area contributed by atoms with E-state index in [1.165, 1.54) is 6.08 Å². The van der Waals surface area contributed by atoms with Gasteiger partial charge in [0.05, 0.1) is 17.3 Å². The second-order valence-corrected chi connectivity index (χ2v) is 8.58. The van der Waals surface area contributed by atoms with Crippen molar-refractivity contribution < 1.29 is 32.3 Å². The lowest BCUT2D eigenvalue weighted by Gasteiger charge is -2.11. The highest BCUT2D eigenvalue weighted by molar-refractivity contribution is 8.02. The number of fused-ring (bicyclic) bond motifs is 3. The Balaban J connectivity index is 0.00000187. The van der Waals surface area contributed by atoms with E-state index in [0.29, 0.717) is 36.0 Å². The second-order valence-electron chi connectivity index (χ2n) is 7.10. The van der Waals surface area contributed by atoms with Crippen LogP contribution in [-0.4, -0.2) is 33.0 Å². The Morgan fingerprint density at radius 1 is 1.36 bits per heavy atom. The summed E-state index contributed by atoms with van der Waals surface area (Å²) in [5, 5.41) is 10.5. The maximum atomic E-state index is 14.2. The van der Waals surface area contributed by atoms with E-state index in [2.05, 4.69) is 6.58 Å². The smallest absolute Gasteiger partial charge is 0.454 e. The van der Waals surface area contributed by atoms with E-state index in [-0.39, 0.29) is 22.7 Å². The van der Waals surface area contributed by atoms with Crippen LogP contribution in [0.1, 0.15) is 55.1 Å². The van der Waals surface area contributed by atoms with Crippen LogP contribution in [0.4, 0.5) is 17.6 Å². The zero-order valence-corrected chi connectivity index (χ0v) is 19.7. The monoisotopic (exact) mass is 505 g/mol. The minimum atomic E-state index is -5.18. The third-order valence-electron chi connectivity index (χ3n) is 5.03. The maximum absolute atomic E-state index is 14.2. The van der Waals surface area contributed by atoms with Crippen molar-refractivity contribution in [2.24, 2.45) is 0 Å². The standard InChI is InChI=1S/C21H18ClF4NO3S.C2H6/c1-2-12(22)4-3-7-31-19-17-14(20(30)21(24,25)26)9-13(23)10-15(17)27-6-5-11(18(19)27)8-16(28)29;1-2/h2-3,7,9-12H,1,4-6,8H2,(H,28,29);1-2H3/b7-3+;. The highest BCUT2D eigenvalue weighted by Gasteiger charge is 2.42. The first-order valence-corrected chi connectivity index (χ1v) is 11.6. The molecular formula is C23H24ClF4NO3S. The molecule has 0 radical (unpaired) electrons. The average Bonchev–Trinajstić information content (AvgIpc) is 3.29. The molecule has 1 aliphatic heterocycles. The summed E-state index contributed by atoms with van der Waals surface area (Å²) in [6.07, 6.45) is -1.29. The molecule has 10 heteroatoms. The fourth-order valence-corrected chi connectivity index (χ4v) is 4.93. The topological polar surface area (TPSA) is 59.3 Å². The van der Waals surface area contributed by atoms with Gasteiger partial charge in [0.15, 0.2) is 0 Å². The van der Waals surface area contributed by atoms with Crippen molar-refractivity contribution >= 4 is 46.0 Å². The van der Waals surface area contributed by atoms with Gasteiger partial charge in [-0.15, -0.1) is 18.2 Å². The fraction of sp³-hybridized carbons (Fsp3) is 0.391. The number of hydrogen-bond donors (Lipinski definition) is 1. The van der Waals surface area contributed by atoms with E-state index in [9.17, 15) is 32.3 Å². The number of ketones is 1. The van der Waals surface area contributed by atoms with E-state index in [1.807, 2.05) is 13.8 Å². The summed E-state index contributed by atoms with van der Waals surface area (Å²) < 4.78 is 55.4. The number of aromatic nitrogens is 1. The Kier molecular flexibility index (Phi) is 9.20. The van der Waals surface area contributed by atoms with E-state index >= 15 is 0 Å². The third-order valence-corrected chi connectivity index (χ3v) is 6.37. The van der Waals surface area contributed by atoms with Crippen LogP contribution in [0, 0.1) is 5.82 Å². The van der Waals surface area contributed by atoms with Crippen LogP contribution >= 0.6 is 23.4 Å². The Labute approximate surface area is 198 Å². The number of carbonyl (C=O) groups excluding carboxylic acids is 1. The van der Waals surface area contributed by atoms with Gasteiger partial charge in [0.2, 0.25) is 0 Å². The third kappa shape index (κ3) is 6.00. The van der Waals surface area contributed by atoms with Gasteiger partial charge in [0.1, 0.15) is 5.82 Å². The molecule has 3 rings (SSSR count). The molecule has 1 aromatic heterocycles. The summed E-state index contributed by atoms with van der Waals surface area (Å²) in [5.41, 5.74) is -0.136. The van der Waals surface area contributed by atoms with Crippen LogP contribution < -0.4 is 0 Å². The van der Waals surface area contributed by atoms with Crippen LogP contribution in [-0.2, 0) is 11.3 Å². The highest BCUT2D eigenvalue weighted by Crippen LogP contribution is 2.47. The van der Waals surface area contributed by atoms with Gasteiger partial charge < -0.3 is 9.67 Å². The van der Waals surface area contributed by atoms with Gasteiger partial charge >= 0.3 is 12.1 Å². The van der Waals surface area contributed by atoms with E-state index in [4.69, 9.17) is 11.6 Å². The van der Waals surface area contributed by atoms with Crippen molar-refractivity contribution in [3.8, 4) is 0 Å². The molecule has 1 aromatic carbocycles. The Morgan fingerprint density at radius 2 is 2.03 bits per heavy atom. The first-order valence-electron chi connectivity index (χ1n) is 10.3. The lowest BCUT2D eigenvalue weighted by molar-refractivity contribution is -0.137. The van der Waals surface area contributed by atoms with Gasteiger partial charge in [-0.3, -0.25) is 9.59 Å². The number of aryl methyl sites for hydroxylation is 1. The lowest BCUT2D eigenvalue weighted by Crippen LogP contribution is -2.23. The van der Waals surface area contributed by atoms with Crippen molar-refractivity contribution in [2.45, 2.75) is 62.0 Å². The molecule has 0 fully saturated rings. The quantitative estimate of drug-likeness (QED) is 0.134. The molecule has 2 heterocycles. The number of rotatable bonds is 8.